The van der Waals surface area contributed by atoms with Crippen LogP contribution in [-0.2, 0) is 25.7 Å². The first kappa shape index (κ1) is 12.8. The molecule has 3 nitrogen and oxygen atoms in total. The summed E-state index contributed by atoms with van der Waals surface area (Å²) in [4.78, 5) is 8.87. The first-order valence-corrected chi connectivity index (χ1v) is 7.96. The SMILES string of the molecule is Cc1ncc(C)c(Nc2c3c(cc4c2CCC4)CCC3)n1.[HH]. The molecule has 3 heteroatoms. The molecule has 0 aliphatic heterocycles. The fraction of sp³-hybridized carbons (Fsp3) is 0.444. The molecule has 0 fully saturated rings. The van der Waals surface area contributed by atoms with Gasteiger partial charge in [0.05, 0.1) is 0 Å². The number of hydrogen-bond acceptors (Lipinski definition) is 3. The van der Waals surface area contributed by atoms with Gasteiger partial charge in [0.25, 0.3) is 0 Å². The zero-order valence-electron chi connectivity index (χ0n) is 12.8. The smallest absolute Gasteiger partial charge is 0.137 e. The standard InChI is InChI=1S/C18H21N3.H2/c1-11-10-19-12(2)20-18(11)21-17-15-7-3-5-13(15)9-14-6-4-8-16(14)17;/h9-10H,3-8H2,1-2H3,(H,19,20,21);1H. The van der Waals surface area contributed by atoms with Gasteiger partial charge in [0.1, 0.15) is 11.6 Å². The molecule has 0 bridgehead atoms. The predicted octanol–water partition coefficient (Wildman–Crippen LogP) is 4.06. The second-order valence-electron chi connectivity index (χ2n) is 6.31. The second kappa shape index (κ2) is 4.83. The minimum absolute atomic E-state index is 0. The van der Waals surface area contributed by atoms with E-state index in [-0.39, 0.29) is 1.43 Å². The molecule has 1 aromatic carbocycles. The summed E-state index contributed by atoms with van der Waals surface area (Å²) in [5, 5.41) is 3.66. The van der Waals surface area contributed by atoms with Gasteiger partial charge in [-0.1, -0.05) is 6.07 Å². The van der Waals surface area contributed by atoms with E-state index in [1.54, 1.807) is 11.1 Å². The normalized spacial score (nSPS) is 15.9. The third-order valence-corrected chi connectivity index (χ3v) is 4.81. The number of anilines is 2. The molecule has 1 heterocycles. The van der Waals surface area contributed by atoms with Gasteiger partial charge in [0.15, 0.2) is 0 Å². The van der Waals surface area contributed by atoms with E-state index in [1.165, 1.54) is 55.3 Å². The average Bonchev–Trinajstić information content (AvgIpc) is 3.10. The minimum Gasteiger partial charge on any atom is -0.339 e. The lowest BCUT2D eigenvalue weighted by atomic mass is 9.98. The van der Waals surface area contributed by atoms with Crippen molar-refractivity contribution < 1.29 is 1.43 Å². The van der Waals surface area contributed by atoms with Crippen molar-refractivity contribution in [2.75, 3.05) is 5.32 Å². The van der Waals surface area contributed by atoms with Crippen LogP contribution in [0.1, 0.15) is 47.9 Å². The van der Waals surface area contributed by atoms with Gasteiger partial charge < -0.3 is 5.32 Å². The highest BCUT2D eigenvalue weighted by Gasteiger charge is 2.24. The molecular weight excluding hydrogens is 258 g/mol. The Kier molecular flexibility index (Phi) is 2.95. The number of nitrogens with one attached hydrogen (secondary N) is 1. The van der Waals surface area contributed by atoms with Crippen molar-refractivity contribution in [3.63, 3.8) is 0 Å². The van der Waals surface area contributed by atoms with Crippen LogP contribution >= 0.6 is 0 Å². The van der Waals surface area contributed by atoms with Crippen LogP contribution in [0.15, 0.2) is 12.3 Å². The van der Waals surface area contributed by atoms with Crippen LogP contribution in [0.3, 0.4) is 0 Å². The molecule has 0 atom stereocenters. The van der Waals surface area contributed by atoms with E-state index in [2.05, 4.69) is 28.3 Å². The fourth-order valence-electron chi connectivity index (χ4n) is 3.74. The van der Waals surface area contributed by atoms with E-state index in [1.807, 2.05) is 13.1 Å². The van der Waals surface area contributed by atoms with Gasteiger partial charge in [-0.05, 0) is 74.6 Å². The lowest BCUT2D eigenvalue weighted by Gasteiger charge is -2.17. The van der Waals surface area contributed by atoms with E-state index in [4.69, 9.17) is 0 Å². The molecule has 4 rings (SSSR count). The molecule has 0 unspecified atom stereocenters. The number of fused-ring (bicyclic) bond motifs is 2. The van der Waals surface area contributed by atoms with Crippen LogP contribution in [0, 0.1) is 13.8 Å². The Balaban J connectivity index is 0.00000144. The highest BCUT2D eigenvalue weighted by atomic mass is 15.0. The Hall–Kier alpha value is -1.90. The Morgan fingerprint density at radius 3 is 2.33 bits per heavy atom. The lowest BCUT2D eigenvalue weighted by Crippen LogP contribution is -2.05. The van der Waals surface area contributed by atoms with Crippen LogP contribution in [0.4, 0.5) is 11.5 Å². The van der Waals surface area contributed by atoms with E-state index in [0.717, 1.165) is 17.2 Å². The van der Waals surface area contributed by atoms with Gasteiger partial charge in [-0.2, -0.15) is 0 Å². The van der Waals surface area contributed by atoms with Crippen LogP contribution < -0.4 is 5.32 Å². The van der Waals surface area contributed by atoms with Crippen LogP contribution in [-0.4, -0.2) is 9.97 Å². The monoisotopic (exact) mass is 281 g/mol. The molecule has 110 valence electrons. The summed E-state index contributed by atoms with van der Waals surface area (Å²) in [7, 11) is 0. The molecule has 1 aromatic heterocycles. The van der Waals surface area contributed by atoms with E-state index in [9.17, 15) is 0 Å². The fourth-order valence-corrected chi connectivity index (χ4v) is 3.74. The molecular formula is C18H23N3. The van der Waals surface area contributed by atoms with Crippen molar-refractivity contribution in [1.29, 1.82) is 0 Å². The van der Waals surface area contributed by atoms with Crippen molar-refractivity contribution in [2.45, 2.75) is 52.4 Å². The molecule has 2 aliphatic carbocycles. The Morgan fingerprint density at radius 2 is 1.67 bits per heavy atom. The molecule has 0 saturated carbocycles. The number of nitrogens with zero attached hydrogens (tertiary/aromatic N) is 2. The predicted molar refractivity (Wildman–Crippen MR) is 87.4 cm³/mol. The van der Waals surface area contributed by atoms with E-state index in [0.29, 0.717) is 0 Å². The third kappa shape index (κ3) is 2.11. The van der Waals surface area contributed by atoms with Gasteiger partial charge in [-0.25, -0.2) is 9.97 Å². The first-order chi connectivity index (χ1) is 10.2. The molecule has 21 heavy (non-hydrogen) atoms. The highest BCUT2D eigenvalue weighted by molar-refractivity contribution is 5.71. The first-order valence-electron chi connectivity index (χ1n) is 7.96. The van der Waals surface area contributed by atoms with Crippen molar-refractivity contribution in [1.82, 2.24) is 9.97 Å². The van der Waals surface area contributed by atoms with Gasteiger partial charge in [-0.3, -0.25) is 0 Å². The molecule has 0 saturated heterocycles. The van der Waals surface area contributed by atoms with E-state index < -0.39 is 0 Å². The third-order valence-electron chi connectivity index (χ3n) is 4.81. The quantitative estimate of drug-likeness (QED) is 0.902. The molecule has 2 aromatic rings. The topological polar surface area (TPSA) is 37.8 Å². The van der Waals surface area contributed by atoms with Gasteiger partial charge in [0.2, 0.25) is 0 Å². The minimum atomic E-state index is 0. The summed E-state index contributed by atoms with van der Waals surface area (Å²) in [6.07, 6.45) is 9.36. The molecule has 0 radical (unpaired) electrons. The zero-order valence-corrected chi connectivity index (χ0v) is 12.8. The number of hydrogen-bond donors (Lipinski definition) is 1. The Labute approximate surface area is 127 Å². The second-order valence-corrected chi connectivity index (χ2v) is 6.31. The summed E-state index contributed by atoms with van der Waals surface area (Å²) in [5.41, 5.74) is 8.66. The summed E-state index contributed by atoms with van der Waals surface area (Å²) in [6.45, 7) is 4.02. The maximum absolute atomic E-state index is 4.60. The number of benzene rings is 1. The number of aryl methyl sites for hydroxylation is 4. The maximum Gasteiger partial charge on any atom is 0.137 e. The molecule has 2 aliphatic rings. The van der Waals surface area contributed by atoms with Gasteiger partial charge in [0, 0.05) is 18.9 Å². The van der Waals surface area contributed by atoms with Crippen molar-refractivity contribution in [2.24, 2.45) is 0 Å². The van der Waals surface area contributed by atoms with E-state index >= 15 is 0 Å². The highest BCUT2D eigenvalue weighted by Crippen LogP contribution is 2.39. The zero-order chi connectivity index (χ0) is 14.4. The number of rotatable bonds is 2. The average molecular weight is 281 g/mol. The van der Waals surface area contributed by atoms with Crippen molar-refractivity contribution >= 4 is 11.5 Å². The van der Waals surface area contributed by atoms with Crippen molar-refractivity contribution in [3.05, 3.63) is 45.9 Å². The maximum atomic E-state index is 4.60. The van der Waals surface area contributed by atoms with Crippen LogP contribution in [0.5, 0.6) is 0 Å². The Bertz CT molecular complexity index is 693. The summed E-state index contributed by atoms with van der Waals surface area (Å²) < 4.78 is 0. The van der Waals surface area contributed by atoms with Crippen molar-refractivity contribution in [3.8, 4) is 0 Å². The molecule has 1 N–H and O–H groups in total. The lowest BCUT2D eigenvalue weighted by molar-refractivity contribution is 0.898. The Morgan fingerprint density at radius 1 is 1.00 bits per heavy atom. The molecule has 0 amide bonds. The van der Waals surface area contributed by atoms with Crippen LogP contribution in [0.25, 0.3) is 0 Å². The number of aromatic nitrogens is 2. The van der Waals surface area contributed by atoms with Gasteiger partial charge in [-0.15, -0.1) is 0 Å². The molecule has 0 spiro atoms. The summed E-state index contributed by atoms with van der Waals surface area (Å²) >= 11 is 0. The van der Waals surface area contributed by atoms with Crippen LogP contribution in [0.2, 0.25) is 0 Å². The van der Waals surface area contributed by atoms with Gasteiger partial charge >= 0.3 is 0 Å². The largest absolute Gasteiger partial charge is 0.339 e. The summed E-state index contributed by atoms with van der Waals surface area (Å²) in [5.74, 6) is 1.80. The summed E-state index contributed by atoms with van der Waals surface area (Å²) in [6, 6.07) is 2.47.